The van der Waals surface area contributed by atoms with Gasteiger partial charge < -0.3 is 5.11 Å². The highest BCUT2D eigenvalue weighted by molar-refractivity contribution is 5.97. The number of carboxylic acid groups (broad SMARTS) is 1. The minimum atomic E-state index is -0.970. The van der Waals surface area contributed by atoms with Crippen molar-refractivity contribution in [3.05, 3.63) is 47.5 Å². The molecule has 1 unspecified atom stereocenters. The zero-order chi connectivity index (χ0) is 12.3. The lowest BCUT2D eigenvalue weighted by atomic mass is 9.97. The van der Waals surface area contributed by atoms with E-state index in [-0.39, 0.29) is 11.3 Å². The van der Waals surface area contributed by atoms with Crippen LogP contribution in [0, 0.1) is 5.92 Å². The Balaban J connectivity index is 2.03. The maximum absolute atomic E-state index is 11.9. The second-order valence-electron chi connectivity index (χ2n) is 4.28. The SMILES string of the molecule is O=C(O)c1ccc(C(=O)CC2C=CCC2)cc1. The number of hydrogen-bond donors (Lipinski definition) is 1. The summed E-state index contributed by atoms with van der Waals surface area (Å²) in [7, 11) is 0. The van der Waals surface area contributed by atoms with E-state index >= 15 is 0 Å². The number of aromatic carboxylic acids is 1. The molecule has 3 nitrogen and oxygen atoms in total. The average molecular weight is 230 g/mol. The first-order valence-corrected chi connectivity index (χ1v) is 5.70. The number of carboxylic acids is 1. The van der Waals surface area contributed by atoms with E-state index < -0.39 is 5.97 Å². The molecule has 0 amide bonds. The van der Waals surface area contributed by atoms with Crippen molar-refractivity contribution < 1.29 is 14.7 Å². The molecule has 0 spiro atoms. The molecular formula is C14H14O3. The van der Waals surface area contributed by atoms with Gasteiger partial charge in [0.25, 0.3) is 0 Å². The molecule has 0 aromatic heterocycles. The third-order valence-electron chi connectivity index (χ3n) is 3.01. The van der Waals surface area contributed by atoms with Crippen LogP contribution in [-0.4, -0.2) is 16.9 Å². The molecule has 1 aromatic rings. The van der Waals surface area contributed by atoms with Crippen LogP contribution in [0.15, 0.2) is 36.4 Å². The van der Waals surface area contributed by atoms with Crippen LogP contribution in [0.2, 0.25) is 0 Å². The molecule has 1 aromatic carbocycles. The summed E-state index contributed by atoms with van der Waals surface area (Å²) in [6.07, 6.45) is 6.80. The van der Waals surface area contributed by atoms with Gasteiger partial charge in [0.05, 0.1) is 5.56 Å². The van der Waals surface area contributed by atoms with Crippen molar-refractivity contribution in [2.75, 3.05) is 0 Å². The predicted molar refractivity (Wildman–Crippen MR) is 64.2 cm³/mol. The summed E-state index contributed by atoms with van der Waals surface area (Å²) in [5.74, 6) is -0.539. The molecule has 1 aliphatic rings. The van der Waals surface area contributed by atoms with Gasteiger partial charge in [0, 0.05) is 12.0 Å². The molecule has 1 atom stereocenters. The lowest BCUT2D eigenvalue weighted by molar-refractivity contribution is 0.0696. The Morgan fingerprint density at radius 3 is 2.35 bits per heavy atom. The molecule has 88 valence electrons. The maximum atomic E-state index is 11.9. The molecule has 0 aliphatic heterocycles. The van der Waals surface area contributed by atoms with Crippen molar-refractivity contribution >= 4 is 11.8 Å². The Kier molecular flexibility index (Phi) is 3.38. The highest BCUT2D eigenvalue weighted by Crippen LogP contribution is 2.22. The van der Waals surface area contributed by atoms with Gasteiger partial charge in [-0.05, 0) is 30.9 Å². The Morgan fingerprint density at radius 1 is 1.18 bits per heavy atom. The van der Waals surface area contributed by atoms with Crippen molar-refractivity contribution in [2.24, 2.45) is 5.92 Å². The molecule has 2 rings (SSSR count). The van der Waals surface area contributed by atoms with Crippen LogP contribution in [0.4, 0.5) is 0 Å². The largest absolute Gasteiger partial charge is 0.478 e. The molecule has 0 saturated carbocycles. The molecule has 17 heavy (non-hydrogen) atoms. The van der Waals surface area contributed by atoms with E-state index in [1.165, 1.54) is 12.1 Å². The predicted octanol–water partition coefficient (Wildman–Crippen LogP) is 2.92. The Morgan fingerprint density at radius 2 is 1.82 bits per heavy atom. The Hall–Kier alpha value is -1.90. The lowest BCUT2D eigenvalue weighted by Gasteiger charge is -2.06. The number of hydrogen-bond acceptors (Lipinski definition) is 2. The summed E-state index contributed by atoms with van der Waals surface area (Å²) in [5, 5.41) is 8.75. The van der Waals surface area contributed by atoms with Gasteiger partial charge in [0.15, 0.2) is 5.78 Å². The van der Waals surface area contributed by atoms with Crippen LogP contribution in [-0.2, 0) is 0 Å². The molecule has 0 saturated heterocycles. The molecule has 0 heterocycles. The van der Waals surface area contributed by atoms with Gasteiger partial charge in [-0.3, -0.25) is 4.79 Å². The smallest absolute Gasteiger partial charge is 0.335 e. The average Bonchev–Trinajstić information content (AvgIpc) is 2.82. The van der Waals surface area contributed by atoms with Gasteiger partial charge in [-0.25, -0.2) is 4.79 Å². The van der Waals surface area contributed by atoms with Gasteiger partial charge in [-0.1, -0.05) is 24.3 Å². The number of rotatable bonds is 4. The normalized spacial score (nSPS) is 18.2. The lowest BCUT2D eigenvalue weighted by Crippen LogP contribution is -2.06. The zero-order valence-electron chi connectivity index (χ0n) is 9.43. The summed E-state index contributed by atoms with van der Waals surface area (Å²) < 4.78 is 0. The monoisotopic (exact) mass is 230 g/mol. The van der Waals surface area contributed by atoms with Gasteiger partial charge in [0.1, 0.15) is 0 Å². The molecule has 0 radical (unpaired) electrons. The van der Waals surface area contributed by atoms with Crippen LogP contribution >= 0.6 is 0 Å². The molecular weight excluding hydrogens is 216 g/mol. The van der Waals surface area contributed by atoms with Crippen molar-refractivity contribution in [1.29, 1.82) is 0 Å². The third-order valence-corrected chi connectivity index (χ3v) is 3.01. The van der Waals surface area contributed by atoms with Crippen LogP contribution < -0.4 is 0 Å². The Labute approximate surface area is 99.8 Å². The summed E-state index contributed by atoms with van der Waals surface area (Å²) in [4.78, 5) is 22.6. The third kappa shape index (κ3) is 2.81. The van der Waals surface area contributed by atoms with Crippen LogP contribution in [0.1, 0.15) is 40.0 Å². The van der Waals surface area contributed by atoms with Gasteiger partial charge in [-0.15, -0.1) is 0 Å². The number of Topliss-reactive ketones (excluding diaryl/α,β-unsaturated/α-hetero) is 1. The molecule has 0 bridgehead atoms. The van der Waals surface area contributed by atoms with Crippen molar-refractivity contribution in [3.63, 3.8) is 0 Å². The summed E-state index contributed by atoms with van der Waals surface area (Å²) in [5.41, 5.74) is 0.803. The molecule has 0 fully saturated rings. The van der Waals surface area contributed by atoms with E-state index in [0.29, 0.717) is 17.9 Å². The first kappa shape index (κ1) is 11.6. The molecule has 1 N–H and O–H groups in total. The van der Waals surface area contributed by atoms with Gasteiger partial charge >= 0.3 is 5.97 Å². The van der Waals surface area contributed by atoms with Gasteiger partial charge in [0.2, 0.25) is 0 Å². The number of carbonyl (C=O) groups is 2. The van der Waals surface area contributed by atoms with E-state index in [9.17, 15) is 9.59 Å². The fourth-order valence-corrected chi connectivity index (χ4v) is 2.02. The Bertz CT molecular complexity index is 457. The standard InChI is InChI=1S/C14H14O3/c15-13(9-10-3-1-2-4-10)11-5-7-12(8-6-11)14(16)17/h1,3,5-8,10H,2,4,9H2,(H,16,17). The number of carbonyl (C=O) groups excluding carboxylic acids is 1. The second-order valence-corrected chi connectivity index (χ2v) is 4.28. The zero-order valence-corrected chi connectivity index (χ0v) is 9.43. The maximum Gasteiger partial charge on any atom is 0.335 e. The molecule has 1 aliphatic carbocycles. The molecule has 3 heteroatoms. The summed E-state index contributed by atoms with van der Waals surface area (Å²) in [6.45, 7) is 0. The van der Waals surface area contributed by atoms with Gasteiger partial charge in [-0.2, -0.15) is 0 Å². The minimum Gasteiger partial charge on any atom is -0.478 e. The highest BCUT2D eigenvalue weighted by Gasteiger charge is 2.15. The first-order valence-electron chi connectivity index (χ1n) is 5.70. The summed E-state index contributed by atoms with van der Waals surface area (Å²) >= 11 is 0. The first-order chi connectivity index (χ1) is 8.16. The van der Waals surface area contributed by atoms with Crippen molar-refractivity contribution in [2.45, 2.75) is 19.3 Å². The minimum absolute atomic E-state index is 0.0819. The van der Waals surface area contributed by atoms with E-state index in [1.807, 2.05) is 0 Å². The summed E-state index contributed by atoms with van der Waals surface area (Å²) in [6, 6.07) is 6.12. The van der Waals surface area contributed by atoms with Crippen LogP contribution in [0.25, 0.3) is 0 Å². The topological polar surface area (TPSA) is 54.4 Å². The van der Waals surface area contributed by atoms with Crippen molar-refractivity contribution in [3.8, 4) is 0 Å². The van der Waals surface area contributed by atoms with Crippen LogP contribution in [0.5, 0.6) is 0 Å². The van der Waals surface area contributed by atoms with Crippen molar-refractivity contribution in [1.82, 2.24) is 0 Å². The number of ketones is 1. The highest BCUT2D eigenvalue weighted by atomic mass is 16.4. The second kappa shape index (κ2) is 4.95. The van der Waals surface area contributed by atoms with E-state index in [4.69, 9.17) is 5.11 Å². The quantitative estimate of drug-likeness (QED) is 0.639. The van der Waals surface area contributed by atoms with Crippen LogP contribution in [0.3, 0.4) is 0 Å². The fraction of sp³-hybridized carbons (Fsp3) is 0.286. The van der Waals surface area contributed by atoms with E-state index in [1.54, 1.807) is 12.1 Å². The number of benzene rings is 1. The fourth-order valence-electron chi connectivity index (χ4n) is 2.02. The van der Waals surface area contributed by atoms with E-state index in [0.717, 1.165) is 12.8 Å². The number of allylic oxidation sites excluding steroid dienone is 2. The van der Waals surface area contributed by atoms with E-state index in [2.05, 4.69) is 12.2 Å².